The lowest BCUT2D eigenvalue weighted by Crippen LogP contribution is -2.25. The van der Waals surface area contributed by atoms with E-state index in [1.807, 2.05) is 48.6 Å². The molecular weight excluding hydrogens is 416 g/mol. The first-order valence-corrected chi connectivity index (χ1v) is 11.3. The Kier molecular flexibility index (Phi) is 8.89. The lowest BCUT2D eigenvalue weighted by Gasteiger charge is -2.18. The van der Waals surface area contributed by atoms with Crippen molar-refractivity contribution in [2.75, 3.05) is 52.8 Å². The number of fused-ring (bicyclic) bond motifs is 1. The summed E-state index contributed by atoms with van der Waals surface area (Å²) in [5.74, 6) is 3.53. The number of rotatable bonds is 12. The van der Waals surface area contributed by atoms with Crippen LogP contribution < -0.4 is 19.5 Å². The van der Waals surface area contributed by atoms with Gasteiger partial charge in [0.05, 0.1) is 26.8 Å². The van der Waals surface area contributed by atoms with Gasteiger partial charge in [0.1, 0.15) is 11.6 Å². The Bertz CT molecular complexity index is 1060. The summed E-state index contributed by atoms with van der Waals surface area (Å²) < 4.78 is 16.2. The van der Waals surface area contributed by atoms with E-state index in [0.717, 1.165) is 60.6 Å². The Balaban J connectivity index is 1.90. The highest BCUT2D eigenvalue weighted by atomic mass is 16.5. The number of anilines is 1. The second-order valence-electron chi connectivity index (χ2n) is 7.57. The lowest BCUT2D eigenvalue weighted by molar-refractivity contribution is 0.303. The van der Waals surface area contributed by atoms with Crippen LogP contribution in [-0.2, 0) is 0 Å². The van der Waals surface area contributed by atoms with Crippen LogP contribution in [0.4, 0.5) is 5.82 Å². The predicted molar refractivity (Wildman–Crippen MR) is 135 cm³/mol. The smallest absolute Gasteiger partial charge is 0.162 e. The molecule has 0 saturated carbocycles. The fourth-order valence-electron chi connectivity index (χ4n) is 3.62. The van der Waals surface area contributed by atoms with Crippen LogP contribution in [0.2, 0.25) is 0 Å². The molecule has 0 fully saturated rings. The Morgan fingerprint density at radius 1 is 0.879 bits per heavy atom. The molecule has 0 unspecified atom stereocenters. The van der Waals surface area contributed by atoms with E-state index in [4.69, 9.17) is 24.2 Å². The van der Waals surface area contributed by atoms with Gasteiger partial charge in [-0.05, 0) is 55.9 Å². The second kappa shape index (κ2) is 12.1. The summed E-state index contributed by atoms with van der Waals surface area (Å²) in [5.41, 5.74) is 1.84. The molecule has 0 spiro atoms. The molecule has 1 heterocycles. The third-order valence-corrected chi connectivity index (χ3v) is 5.60. The van der Waals surface area contributed by atoms with Crippen molar-refractivity contribution in [2.45, 2.75) is 20.3 Å². The molecule has 33 heavy (non-hydrogen) atoms. The van der Waals surface area contributed by atoms with Crippen LogP contribution in [-0.4, -0.2) is 62.4 Å². The van der Waals surface area contributed by atoms with Crippen molar-refractivity contribution in [1.82, 2.24) is 14.9 Å². The van der Waals surface area contributed by atoms with Gasteiger partial charge in [-0.2, -0.15) is 0 Å². The maximum Gasteiger partial charge on any atom is 0.162 e. The molecule has 0 aliphatic rings. The number of hydrogen-bond acceptors (Lipinski definition) is 7. The Morgan fingerprint density at radius 3 is 2.21 bits per heavy atom. The first-order valence-electron chi connectivity index (χ1n) is 11.3. The average molecular weight is 451 g/mol. The minimum absolute atomic E-state index is 0.622. The minimum atomic E-state index is 0.622. The maximum atomic E-state index is 5.50. The molecule has 3 aromatic rings. The van der Waals surface area contributed by atoms with E-state index in [1.54, 1.807) is 21.3 Å². The van der Waals surface area contributed by atoms with Gasteiger partial charge in [0.2, 0.25) is 0 Å². The number of ether oxygens (including phenoxy) is 3. The van der Waals surface area contributed by atoms with E-state index in [1.165, 1.54) is 0 Å². The molecule has 0 saturated heterocycles. The quantitative estimate of drug-likeness (QED) is 0.391. The highest BCUT2D eigenvalue weighted by Crippen LogP contribution is 2.34. The third-order valence-electron chi connectivity index (χ3n) is 5.60. The highest BCUT2D eigenvalue weighted by molar-refractivity contribution is 5.92. The Hall–Kier alpha value is -3.32. The topological polar surface area (TPSA) is 68.7 Å². The molecule has 3 rings (SSSR count). The zero-order valence-corrected chi connectivity index (χ0v) is 20.2. The molecule has 7 nitrogen and oxygen atoms in total. The number of nitrogens with one attached hydrogen (secondary N) is 1. The van der Waals surface area contributed by atoms with E-state index < -0.39 is 0 Å². The number of hydrogen-bond donors (Lipinski definition) is 1. The third kappa shape index (κ3) is 6.35. The van der Waals surface area contributed by atoms with Crippen molar-refractivity contribution in [2.24, 2.45) is 0 Å². The zero-order valence-electron chi connectivity index (χ0n) is 20.2. The molecule has 1 aromatic heterocycles. The van der Waals surface area contributed by atoms with E-state index in [2.05, 4.69) is 24.1 Å². The van der Waals surface area contributed by atoms with Crippen molar-refractivity contribution in [3.63, 3.8) is 0 Å². The van der Waals surface area contributed by atoms with Gasteiger partial charge in [-0.1, -0.05) is 32.1 Å². The number of benzene rings is 2. The molecular formula is C26H34N4O3. The van der Waals surface area contributed by atoms with Gasteiger partial charge in [0.15, 0.2) is 17.3 Å². The van der Waals surface area contributed by atoms with Crippen LogP contribution in [0, 0.1) is 0 Å². The number of nitrogens with zero attached hydrogens (tertiary/aromatic N) is 3. The predicted octanol–water partition coefficient (Wildman–Crippen LogP) is 4.97. The lowest BCUT2D eigenvalue weighted by atomic mass is 10.2. The van der Waals surface area contributed by atoms with Gasteiger partial charge >= 0.3 is 0 Å². The van der Waals surface area contributed by atoms with Crippen LogP contribution in [0.5, 0.6) is 17.2 Å². The van der Waals surface area contributed by atoms with Gasteiger partial charge in [-0.15, -0.1) is 0 Å². The fourth-order valence-corrected chi connectivity index (χ4v) is 3.62. The van der Waals surface area contributed by atoms with Crippen molar-refractivity contribution in [3.8, 4) is 17.2 Å². The van der Waals surface area contributed by atoms with E-state index in [0.29, 0.717) is 17.3 Å². The van der Waals surface area contributed by atoms with Crippen LogP contribution in [0.1, 0.15) is 31.7 Å². The van der Waals surface area contributed by atoms with Gasteiger partial charge in [0.25, 0.3) is 0 Å². The normalized spacial score (nSPS) is 11.3. The first-order chi connectivity index (χ1) is 16.1. The van der Waals surface area contributed by atoms with Crippen molar-refractivity contribution < 1.29 is 14.2 Å². The zero-order chi connectivity index (χ0) is 23.6. The summed E-state index contributed by atoms with van der Waals surface area (Å²) in [7, 11) is 4.92. The van der Waals surface area contributed by atoms with Gasteiger partial charge in [-0.25, -0.2) is 9.97 Å². The molecule has 0 amide bonds. The van der Waals surface area contributed by atoms with Crippen molar-refractivity contribution >= 4 is 28.9 Å². The Labute approximate surface area is 196 Å². The summed E-state index contributed by atoms with van der Waals surface area (Å²) in [6, 6.07) is 11.7. The molecule has 2 aromatic carbocycles. The highest BCUT2D eigenvalue weighted by Gasteiger charge is 2.13. The fraction of sp³-hybridized carbons (Fsp3) is 0.385. The van der Waals surface area contributed by atoms with Crippen LogP contribution in [0.15, 0.2) is 36.4 Å². The molecule has 0 atom stereocenters. The summed E-state index contributed by atoms with van der Waals surface area (Å²) in [5, 5.41) is 4.41. The minimum Gasteiger partial charge on any atom is -0.497 e. The Morgan fingerprint density at radius 2 is 1.58 bits per heavy atom. The number of aromatic nitrogens is 2. The van der Waals surface area contributed by atoms with E-state index in [9.17, 15) is 0 Å². The van der Waals surface area contributed by atoms with Crippen LogP contribution in [0.25, 0.3) is 23.1 Å². The molecule has 1 N–H and O–H groups in total. The number of methoxy groups -OCH3 is 3. The SMILES string of the molecule is CCN(CC)CCCNc1nc(C=Cc2ccc(OC)cc2)nc2cc(OC)c(OC)cc12. The molecule has 0 bridgehead atoms. The van der Waals surface area contributed by atoms with Crippen molar-refractivity contribution in [3.05, 3.63) is 47.8 Å². The van der Waals surface area contributed by atoms with Gasteiger partial charge in [0, 0.05) is 18.0 Å². The first kappa shape index (κ1) is 24.3. The largest absolute Gasteiger partial charge is 0.497 e. The summed E-state index contributed by atoms with van der Waals surface area (Å²) in [6.07, 6.45) is 4.93. The van der Waals surface area contributed by atoms with Gasteiger partial charge < -0.3 is 24.4 Å². The second-order valence-corrected chi connectivity index (χ2v) is 7.57. The maximum absolute atomic E-state index is 5.50. The summed E-state index contributed by atoms with van der Waals surface area (Å²) in [6.45, 7) is 8.36. The van der Waals surface area contributed by atoms with E-state index in [-0.39, 0.29) is 0 Å². The van der Waals surface area contributed by atoms with Gasteiger partial charge in [-0.3, -0.25) is 0 Å². The molecule has 0 radical (unpaired) electrons. The van der Waals surface area contributed by atoms with Crippen LogP contribution in [0.3, 0.4) is 0 Å². The summed E-state index contributed by atoms with van der Waals surface area (Å²) in [4.78, 5) is 12.0. The molecule has 0 aliphatic heterocycles. The summed E-state index contributed by atoms with van der Waals surface area (Å²) >= 11 is 0. The van der Waals surface area contributed by atoms with Crippen LogP contribution >= 0.6 is 0 Å². The average Bonchev–Trinajstić information content (AvgIpc) is 2.86. The molecule has 176 valence electrons. The monoisotopic (exact) mass is 450 g/mol. The van der Waals surface area contributed by atoms with E-state index >= 15 is 0 Å². The molecule has 7 heteroatoms. The standard InChI is InChI=1S/C26H34N4O3/c1-6-30(7-2)16-8-15-27-26-21-17-23(32-4)24(33-5)18-22(21)28-25(29-26)14-11-19-9-12-20(31-3)13-10-19/h9-14,17-18H,6-8,15-16H2,1-5H3,(H,27,28,29). The van der Waals surface area contributed by atoms with Crippen molar-refractivity contribution in [1.29, 1.82) is 0 Å². The molecule has 0 aliphatic carbocycles.